The Bertz CT molecular complexity index is 654. The van der Waals surface area contributed by atoms with Crippen molar-refractivity contribution < 1.29 is 9.53 Å². The number of ether oxygens (including phenoxy) is 1. The lowest BCUT2D eigenvalue weighted by Crippen LogP contribution is -2.35. The Labute approximate surface area is 143 Å². The van der Waals surface area contributed by atoms with Gasteiger partial charge in [0.25, 0.3) is 5.91 Å². The highest BCUT2D eigenvalue weighted by molar-refractivity contribution is 8.00. The first-order chi connectivity index (χ1) is 11.2. The van der Waals surface area contributed by atoms with Crippen LogP contribution in [0.25, 0.3) is 0 Å². The standard InChI is InChI=1S/C15H18N4O2S2/c1-22-15-18-17-14(23-15)16-13(20)12-4-2-11(3-5-12)10-19-6-8-21-9-7-19/h2-5H,6-10H2,1H3,(H,16,17,20). The summed E-state index contributed by atoms with van der Waals surface area (Å²) < 4.78 is 6.18. The van der Waals surface area contributed by atoms with Crippen molar-refractivity contribution in [1.82, 2.24) is 15.1 Å². The number of rotatable bonds is 5. The van der Waals surface area contributed by atoms with Gasteiger partial charge in [-0.05, 0) is 24.0 Å². The fourth-order valence-electron chi connectivity index (χ4n) is 2.29. The molecule has 1 amide bonds. The van der Waals surface area contributed by atoms with Crippen LogP contribution >= 0.6 is 23.1 Å². The molecule has 0 saturated carbocycles. The molecule has 3 rings (SSSR count). The van der Waals surface area contributed by atoms with E-state index in [1.807, 2.05) is 30.5 Å². The monoisotopic (exact) mass is 350 g/mol. The van der Waals surface area contributed by atoms with Crippen LogP contribution in [-0.4, -0.2) is 53.6 Å². The molecule has 1 saturated heterocycles. The maximum Gasteiger partial charge on any atom is 0.257 e. The molecule has 0 atom stereocenters. The molecule has 0 aliphatic carbocycles. The minimum Gasteiger partial charge on any atom is -0.379 e. The molecule has 6 nitrogen and oxygen atoms in total. The number of nitrogens with zero attached hydrogens (tertiary/aromatic N) is 3. The molecule has 2 heterocycles. The Kier molecular flexibility index (Phi) is 5.60. The van der Waals surface area contributed by atoms with Gasteiger partial charge < -0.3 is 4.74 Å². The molecule has 1 aromatic carbocycles. The van der Waals surface area contributed by atoms with Crippen LogP contribution in [0.15, 0.2) is 28.6 Å². The Balaban J connectivity index is 1.58. The Morgan fingerprint density at radius 3 is 2.70 bits per heavy atom. The summed E-state index contributed by atoms with van der Waals surface area (Å²) in [4.78, 5) is 14.6. The number of thioether (sulfide) groups is 1. The summed E-state index contributed by atoms with van der Waals surface area (Å²) in [6, 6.07) is 7.69. The molecule has 1 aromatic heterocycles. The van der Waals surface area contributed by atoms with Crippen molar-refractivity contribution in [1.29, 1.82) is 0 Å². The van der Waals surface area contributed by atoms with Gasteiger partial charge in [-0.25, -0.2) is 0 Å². The molecule has 0 bridgehead atoms. The highest BCUT2D eigenvalue weighted by Crippen LogP contribution is 2.23. The fourth-order valence-corrected chi connectivity index (χ4v) is 3.46. The van der Waals surface area contributed by atoms with E-state index in [-0.39, 0.29) is 5.91 Å². The van der Waals surface area contributed by atoms with E-state index >= 15 is 0 Å². The predicted octanol–water partition coefficient (Wildman–Crippen LogP) is 2.34. The summed E-state index contributed by atoms with van der Waals surface area (Å²) in [7, 11) is 0. The van der Waals surface area contributed by atoms with Gasteiger partial charge in [0.05, 0.1) is 13.2 Å². The van der Waals surface area contributed by atoms with Gasteiger partial charge in [-0.2, -0.15) is 0 Å². The number of carbonyl (C=O) groups is 1. The van der Waals surface area contributed by atoms with E-state index in [9.17, 15) is 4.79 Å². The second kappa shape index (κ2) is 7.87. The normalized spacial score (nSPS) is 15.5. The summed E-state index contributed by atoms with van der Waals surface area (Å²) in [6.07, 6.45) is 1.93. The molecule has 2 aromatic rings. The zero-order chi connectivity index (χ0) is 16.1. The number of hydrogen-bond donors (Lipinski definition) is 1. The van der Waals surface area contributed by atoms with Crippen molar-refractivity contribution in [3.8, 4) is 0 Å². The van der Waals surface area contributed by atoms with E-state index in [2.05, 4.69) is 20.4 Å². The van der Waals surface area contributed by atoms with Gasteiger partial charge in [0.2, 0.25) is 5.13 Å². The van der Waals surface area contributed by atoms with Crippen molar-refractivity contribution in [2.75, 3.05) is 37.9 Å². The van der Waals surface area contributed by atoms with E-state index in [1.54, 1.807) is 0 Å². The second-order valence-electron chi connectivity index (χ2n) is 5.12. The van der Waals surface area contributed by atoms with Gasteiger partial charge in [0.15, 0.2) is 4.34 Å². The summed E-state index contributed by atoms with van der Waals surface area (Å²) in [5.41, 5.74) is 1.82. The van der Waals surface area contributed by atoms with Crippen molar-refractivity contribution in [2.45, 2.75) is 10.9 Å². The highest BCUT2D eigenvalue weighted by atomic mass is 32.2. The number of carbonyl (C=O) groups excluding carboxylic acids is 1. The topological polar surface area (TPSA) is 67.4 Å². The third kappa shape index (κ3) is 4.51. The number of nitrogens with one attached hydrogen (secondary N) is 1. The summed E-state index contributed by atoms with van der Waals surface area (Å²) in [5.74, 6) is -0.160. The molecule has 8 heteroatoms. The van der Waals surface area contributed by atoms with Crippen LogP contribution in [0.1, 0.15) is 15.9 Å². The van der Waals surface area contributed by atoms with Gasteiger partial charge in [-0.1, -0.05) is 35.2 Å². The number of morpholine rings is 1. The number of benzene rings is 1. The quantitative estimate of drug-likeness (QED) is 0.659. The molecule has 1 fully saturated rings. The first-order valence-corrected chi connectivity index (χ1v) is 9.36. The van der Waals surface area contributed by atoms with Crippen LogP contribution in [0.3, 0.4) is 0 Å². The average Bonchev–Trinajstić information content (AvgIpc) is 3.04. The van der Waals surface area contributed by atoms with Crippen LogP contribution in [0.4, 0.5) is 5.13 Å². The van der Waals surface area contributed by atoms with Crippen LogP contribution in [-0.2, 0) is 11.3 Å². The first kappa shape index (κ1) is 16.4. The van der Waals surface area contributed by atoms with E-state index < -0.39 is 0 Å². The molecule has 23 heavy (non-hydrogen) atoms. The van der Waals surface area contributed by atoms with Crippen molar-refractivity contribution in [3.05, 3.63) is 35.4 Å². The number of aromatic nitrogens is 2. The molecule has 0 unspecified atom stereocenters. The molecular weight excluding hydrogens is 332 g/mol. The third-order valence-corrected chi connectivity index (χ3v) is 5.34. The molecule has 0 spiro atoms. The zero-order valence-corrected chi connectivity index (χ0v) is 14.5. The fraction of sp³-hybridized carbons (Fsp3) is 0.400. The maximum atomic E-state index is 12.2. The Morgan fingerprint density at radius 1 is 1.30 bits per heavy atom. The predicted molar refractivity (Wildman–Crippen MR) is 92.2 cm³/mol. The lowest BCUT2D eigenvalue weighted by atomic mass is 10.1. The van der Waals surface area contributed by atoms with E-state index in [0.29, 0.717) is 10.7 Å². The summed E-state index contributed by atoms with van der Waals surface area (Å²) in [6.45, 7) is 4.38. The van der Waals surface area contributed by atoms with Crippen LogP contribution in [0.5, 0.6) is 0 Å². The lowest BCUT2D eigenvalue weighted by molar-refractivity contribution is 0.0342. The van der Waals surface area contributed by atoms with Crippen LogP contribution in [0, 0.1) is 0 Å². The van der Waals surface area contributed by atoms with Crippen molar-refractivity contribution >= 4 is 34.1 Å². The zero-order valence-electron chi connectivity index (χ0n) is 12.8. The van der Waals surface area contributed by atoms with Gasteiger partial charge in [0.1, 0.15) is 0 Å². The Morgan fingerprint density at radius 2 is 2.04 bits per heavy atom. The molecule has 0 radical (unpaired) electrons. The van der Waals surface area contributed by atoms with Crippen LogP contribution in [0.2, 0.25) is 0 Å². The van der Waals surface area contributed by atoms with Gasteiger partial charge >= 0.3 is 0 Å². The molecule has 1 N–H and O–H groups in total. The molecule has 1 aliphatic heterocycles. The second-order valence-corrected chi connectivity index (χ2v) is 7.15. The highest BCUT2D eigenvalue weighted by Gasteiger charge is 2.12. The number of amides is 1. The lowest BCUT2D eigenvalue weighted by Gasteiger charge is -2.26. The number of hydrogen-bond acceptors (Lipinski definition) is 7. The largest absolute Gasteiger partial charge is 0.379 e. The minimum atomic E-state index is -0.160. The maximum absolute atomic E-state index is 12.2. The van der Waals surface area contributed by atoms with Gasteiger partial charge in [0, 0.05) is 25.2 Å². The van der Waals surface area contributed by atoms with Gasteiger partial charge in [-0.15, -0.1) is 10.2 Å². The van der Waals surface area contributed by atoms with Gasteiger partial charge in [-0.3, -0.25) is 15.0 Å². The summed E-state index contributed by atoms with van der Waals surface area (Å²) in [5, 5.41) is 11.2. The van der Waals surface area contributed by atoms with Crippen molar-refractivity contribution in [2.24, 2.45) is 0 Å². The minimum absolute atomic E-state index is 0.160. The summed E-state index contributed by atoms with van der Waals surface area (Å²) >= 11 is 2.88. The molecular formula is C15H18N4O2S2. The Hall–Kier alpha value is -1.48. The van der Waals surface area contributed by atoms with E-state index in [4.69, 9.17) is 4.74 Å². The molecule has 1 aliphatic rings. The smallest absolute Gasteiger partial charge is 0.257 e. The molecule has 122 valence electrons. The number of anilines is 1. The van der Waals surface area contributed by atoms with E-state index in [1.165, 1.54) is 28.7 Å². The first-order valence-electron chi connectivity index (χ1n) is 7.32. The SMILES string of the molecule is CSc1nnc(NC(=O)c2ccc(CN3CCOCC3)cc2)s1. The van der Waals surface area contributed by atoms with E-state index in [0.717, 1.165) is 37.2 Å². The third-order valence-electron chi connectivity index (χ3n) is 3.53. The average molecular weight is 350 g/mol. The van der Waals surface area contributed by atoms with Crippen LogP contribution < -0.4 is 5.32 Å². The van der Waals surface area contributed by atoms with Crippen molar-refractivity contribution in [3.63, 3.8) is 0 Å².